The molecule has 1 amide bonds. The predicted molar refractivity (Wildman–Crippen MR) is 60.4 cm³/mol. The van der Waals surface area contributed by atoms with Gasteiger partial charge in [0.15, 0.2) is 0 Å². The van der Waals surface area contributed by atoms with Crippen molar-refractivity contribution in [1.29, 1.82) is 0 Å². The number of nitrogens with zero attached hydrogens (tertiary/aromatic N) is 1. The second-order valence-corrected chi connectivity index (χ2v) is 5.50. The molecular weight excluding hydrogens is 220 g/mol. The molecule has 3 atom stereocenters. The maximum Gasteiger partial charge on any atom is 0.311 e. The highest BCUT2D eigenvalue weighted by molar-refractivity contribution is 5.84. The lowest BCUT2D eigenvalue weighted by Gasteiger charge is -2.50. The maximum absolute atomic E-state index is 11.6. The normalized spacial score (nSPS) is 41.5. The fourth-order valence-electron chi connectivity index (χ4n) is 3.82. The summed E-state index contributed by atoms with van der Waals surface area (Å²) >= 11 is 0. The fourth-order valence-corrected chi connectivity index (χ4v) is 3.82. The number of carbonyl (C=O) groups is 2. The molecule has 17 heavy (non-hydrogen) atoms. The van der Waals surface area contributed by atoms with Crippen molar-refractivity contribution in [2.75, 3.05) is 13.1 Å². The zero-order valence-electron chi connectivity index (χ0n) is 9.82. The number of rotatable bonds is 1. The number of fused-ring (bicyclic) bond motifs is 3. The van der Waals surface area contributed by atoms with Crippen LogP contribution >= 0.6 is 0 Å². The van der Waals surface area contributed by atoms with Crippen molar-refractivity contribution in [3.8, 4) is 0 Å². The number of carbonyl (C=O) groups excluding carboxylic acids is 1. The Kier molecular flexibility index (Phi) is 2.40. The average molecular weight is 238 g/mol. The third-order valence-electron chi connectivity index (χ3n) is 4.78. The molecule has 0 radical (unpaired) electrons. The summed E-state index contributed by atoms with van der Waals surface area (Å²) in [6, 6.07) is 0.0570. The van der Waals surface area contributed by atoms with E-state index in [1.807, 2.05) is 0 Å². The molecule has 0 aliphatic carbocycles. The zero-order valence-corrected chi connectivity index (χ0v) is 9.82. The number of amides is 1. The lowest BCUT2D eigenvalue weighted by atomic mass is 9.66. The Labute approximate surface area is 100 Å². The second kappa shape index (κ2) is 3.70. The van der Waals surface area contributed by atoms with Gasteiger partial charge in [0.2, 0.25) is 5.91 Å². The standard InChI is InChI=1S/C12H18N2O3/c15-9-3-4-12(11(16)17)5-7-14-6-1-2-8(14)10(12)13-9/h8,10H,1-7H2,(H,13,15)(H,16,17). The minimum Gasteiger partial charge on any atom is -0.481 e. The van der Waals surface area contributed by atoms with E-state index in [-0.39, 0.29) is 18.0 Å². The van der Waals surface area contributed by atoms with Crippen molar-refractivity contribution >= 4 is 11.9 Å². The Morgan fingerprint density at radius 1 is 1.41 bits per heavy atom. The van der Waals surface area contributed by atoms with E-state index in [1.165, 1.54) is 0 Å². The monoisotopic (exact) mass is 238 g/mol. The summed E-state index contributed by atoms with van der Waals surface area (Å²) in [6.45, 7) is 1.91. The summed E-state index contributed by atoms with van der Waals surface area (Å²) in [4.78, 5) is 25.5. The Hall–Kier alpha value is -1.10. The highest BCUT2D eigenvalue weighted by atomic mass is 16.4. The van der Waals surface area contributed by atoms with Crippen molar-refractivity contribution in [3.05, 3.63) is 0 Å². The van der Waals surface area contributed by atoms with Crippen molar-refractivity contribution < 1.29 is 14.7 Å². The molecule has 2 N–H and O–H groups in total. The van der Waals surface area contributed by atoms with Crippen LogP contribution in [0, 0.1) is 5.41 Å². The lowest BCUT2D eigenvalue weighted by molar-refractivity contribution is -0.160. The minimum absolute atomic E-state index is 0.0145. The molecule has 0 aromatic heterocycles. The lowest BCUT2D eigenvalue weighted by Crippen LogP contribution is -2.67. The number of carboxylic acids is 1. The van der Waals surface area contributed by atoms with Crippen LogP contribution in [-0.4, -0.2) is 47.1 Å². The number of hydrogen-bond donors (Lipinski definition) is 2. The van der Waals surface area contributed by atoms with Gasteiger partial charge in [-0.15, -0.1) is 0 Å². The topological polar surface area (TPSA) is 69.6 Å². The molecule has 0 aromatic carbocycles. The number of nitrogens with one attached hydrogen (secondary N) is 1. The van der Waals surface area contributed by atoms with Crippen LogP contribution in [0.5, 0.6) is 0 Å². The average Bonchev–Trinajstić information content (AvgIpc) is 2.77. The van der Waals surface area contributed by atoms with E-state index >= 15 is 0 Å². The largest absolute Gasteiger partial charge is 0.481 e. The van der Waals surface area contributed by atoms with Crippen LogP contribution in [0.15, 0.2) is 0 Å². The van der Waals surface area contributed by atoms with Gasteiger partial charge >= 0.3 is 5.97 Å². The maximum atomic E-state index is 11.6. The molecule has 0 saturated carbocycles. The first-order valence-electron chi connectivity index (χ1n) is 6.40. The van der Waals surface area contributed by atoms with Gasteiger partial charge in [-0.05, 0) is 38.8 Å². The van der Waals surface area contributed by atoms with Crippen LogP contribution in [0.2, 0.25) is 0 Å². The first kappa shape index (κ1) is 11.0. The molecule has 3 fully saturated rings. The molecule has 3 unspecified atom stereocenters. The molecule has 5 heteroatoms. The van der Waals surface area contributed by atoms with E-state index in [0.717, 1.165) is 25.9 Å². The molecule has 0 spiro atoms. The third-order valence-corrected chi connectivity index (χ3v) is 4.78. The van der Waals surface area contributed by atoms with Gasteiger partial charge in [0.25, 0.3) is 0 Å². The van der Waals surface area contributed by atoms with Crippen molar-refractivity contribution in [2.45, 2.75) is 44.2 Å². The zero-order chi connectivity index (χ0) is 12.0. The van der Waals surface area contributed by atoms with Crippen molar-refractivity contribution in [3.63, 3.8) is 0 Å². The van der Waals surface area contributed by atoms with Crippen LogP contribution in [-0.2, 0) is 9.59 Å². The molecule has 3 aliphatic heterocycles. The predicted octanol–water partition coefficient (Wildman–Crippen LogP) is 0.204. The Morgan fingerprint density at radius 3 is 3.00 bits per heavy atom. The van der Waals surface area contributed by atoms with Crippen LogP contribution in [0.3, 0.4) is 0 Å². The quantitative estimate of drug-likeness (QED) is 0.685. The smallest absolute Gasteiger partial charge is 0.311 e. The van der Waals surface area contributed by atoms with E-state index in [0.29, 0.717) is 19.3 Å². The molecule has 3 rings (SSSR count). The molecule has 0 aromatic rings. The van der Waals surface area contributed by atoms with Gasteiger partial charge in [-0.2, -0.15) is 0 Å². The molecule has 5 nitrogen and oxygen atoms in total. The summed E-state index contributed by atoms with van der Waals surface area (Å²) in [5, 5.41) is 12.5. The number of piperidine rings is 2. The summed E-state index contributed by atoms with van der Waals surface area (Å²) in [5.41, 5.74) is -0.709. The van der Waals surface area contributed by atoms with Gasteiger partial charge in [0, 0.05) is 12.5 Å². The first-order chi connectivity index (χ1) is 8.13. The number of aliphatic carboxylic acids is 1. The molecule has 0 bridgehead atoms. The van der Waals surface area contributed by atoms with Crippen LogP contribution in [0.1, 0.15) is 32.1 Å². The Morgan fingerprint density at radius 2 is 2.24 bits per heavy atom. The van der Waals surface area contributed by atoms with Crippen molar-refractivity contribution in [2.24, 2.45) is 5.41 Å². The summed E-state index contributed by atoms with van der Waals surface area (Å²) in [6.07, 6.45) is 3.66. The van der Waals surface area contributed by atoms with E-state index in [1.54, 1.807) is 0 Å². The first-order valence-corrected chi connectivity index (χ1v) is 6.40. The van der Waals surface area contributed by atoms with Gasteiger partial charge < -0.3 is 10.4 Å². The van der Waals surface area contributed by atoms with Crippen LogP contribution in [0.4, 0.5) is 0 Å². The van der Waals surface area contributed by atoms with Gasteiger partial charge in [-0.25, -0.2) is 0 Å². The molecular formula is C12H18N2O3. The molecule has 3 aliphatic rings. The number of hydrogen-bond acceptors (Lipinski definition) is 3. The van der Waals surface area contributed by atoms with Gasteiger partial charge in [-0.3, -0.25) is 14.5 Å². The highest BCUT2D eigenvalue weighted by Crippen LogP contribution is 2.44. The molecule has 94 valence electrons. The van der Waals surface area contributed by atoms with Gasteiger partial charge in [0.1, 0.15) is 0 Å². The highest BCUT2D eigenvalue weighted by Gasteiger charge is 2.56. The molecule has 3 heterocycles. The van der Waals surface area contributed by atoms with E-state index in [2.05, 4.69) is 10.2 Å². The van der Waals surface area contributed by atoms with E-state index < -0.39 is 11.4 Å². The summed E-state index contributed by atoms with van der Waals surface area (Å²) < 4.78 is 0. The SMILES string of the molecule is O=C1CCC2(C(=O)O)CCN3CCCC3C2N1. The van der Waals surface area contributed by atoms with Crippen LogP contribution < -0.4 is 5.32 Å². The summed E-state index contributed by atoms with van der Waals surface area (Å²) in [7, 11) is 0. The van der Waals surface area contributed by atoms with Gasteiger partial charge in [0.05, 0.1) is 11.5 Å². The Balaban J connectivity index is 1.95. The fraction of sp³-hybridized carbons (Fsp3) is 0.833. The number of carboxylic acid groups (broad SMARTS) is 1. The van der Waals surface area contributed by atoms with E-state index in [9.17, 15) is 14.7 Å². The third kappa shape index (κ3) is 1.48. The van der Waals surface area contributed by atoms with E-state index in [4.69, 9.17) is 0 Å². The van der Waals surface area contributed by atoms with Gasteiger partial charge in [-0.1, -0.05) is 0 Å². The molecule has 3 saturated heterocycles. The van der Waals surface area contributed by atoms with Crippen LogP contribution in [0.25, 0.3) is 0 Å². The Bertz CT molecular complexity index is 371. The summed E-state index contributed by atoms with van der Waals surface area (Å²) in [5.74, 6) is -0.713. The minimum atomic E-state index is -0.728. The second-order valence-electron chi connectivity index (χ2n) is 5.50. The van der Waals surface area contributed by atoms with Crippen molar-refractivity contribution in [1.82, 2.24) is 10.2 Å².